The highest BCUT2D eigenvalue weighted by Crippen LogP contribution is 2.33. The number of H-pyrrole nitrogens is 1. The molecule has 9 heteroatoms. The Morgan fingerprint density at radius 3 is 2.17 bits per heavy atom. The van der Waals surface area contributed by atoms with Gasteiger partial charge in [-0.15, -0.1) is 0 Å². The van der Waals surface area contributed by atoms with E-state index in [-0.39, 0.29) is 11.3 Å². The second kappa shape index (κ2) is 12.0. The molecular formula is C31H36N4O5. The number of benzene rings is 3. The molecule has 9 nitrogen and oxygen atoms in total. The van der Waals surface area contributed by atoms with Crippen molar-refractivity contribution in [3.8, 4) is 17.2 Å². The zero-order valence-electron chi connectivity index (χ0n) is 23.7. The summed E-state index contributed by atoms with van der Waals surface area (Å²) in [6.45, 7) is 6.54. The first-order valence-corrected chi connectivity index (χ1v) is 13.0. The van der Waals surface area contributed by atoms with E-state index in [2.05, 4.69) is 20.9 Å². The van der Waals surface area contributed by atoms with Crippen LogP contribution in [-0.2, 0) is 11.8 Å². The summed E-state index contributed by atoms with van der Waals surface area (Å²) >= 11 is 0. The molecule has 0 unspecified atom stereocenters. The molecule has 0 spiro atoms. The average molecular weight is 545 g/mol. The molecule has 0 fully saturated rings. The van der Waals surface area contributed by atoms with E-state index in [1.54, 1.807) is 27.3 Å². The molecule has 0 aliphatic rings. The maximum absolute atomic E-state index is 13.0. The number of amides is 3. The van der Waals surface area contributed by atoms with Crippen LogP contribution in [0, 0.1) is 0 Å². The lowest BCUT2D eigenvalue weighted by Crippen LogP contribution is -2.24. The highest BCUT2D eigenvalue weighted by molar-refractivity contribution is 6.09. The number of fused-ring (bicyclic) bond motifs is 1. The van der Waals surface area contributed by atoms with E-state index < -0.39 is 6.03 Å². The lowest BCUT2D eigenvalue weighted by atomic mass is 9.92. The van der Waals surface area contributed by atoms with Gasteiger partial charge in [0, 0.05) is 35.3 Å². The maximum Gasteiger partial charge on any atom is 0.323 e. The number of aromatic amines is 1. The standard InChI is InChI=1S/C31H36N4O5/c1-31(2,3)27-18-23(28(35-27)29(36)32-4)34-30(37)33-22-12-14-24(21-10-8-7-9-20(21)22)40-16-15-19-11-13-25(38-5)26(17-19)39-6/h7-14,17-18,35H,15-16H2,1-6H3,(H,32,36)(H2,33,34,37). The Morgan fingerprint density at radius 2 is 1.50 bits per heavy atom. The van der Waals surface area contributed by atoms with Crippen LogP contribution in [0.2, 0.25) is 0 Å². The molecular weight excluding hydrogens is 508 g/mol. The summed E-state index contributed by atoms with van der Waals surface area (Å²) in [5.41, 5.74) is 2.99. The van der Waals surface area contributed by atoms with E-state index in [0.717, 1.165) is 22.0 Å². The number of anilines is 2. The van der Waals surface area contributed by atoms with Gasteiger partial charge in [0.15, 0.2) is 11.5 Å². The second-order valence-corrected chi connectivity index (χ2v) is 10.3. The van der Waals surface area contributed by atoms with Gasteiger partial charge in [-0.05, 0) is 35.9 Å². The molecule has 1 heterocycles. The van der Waals surface area contributed by atoms with E-state index >= 15 is 0 Å². The molecule has 3 aromatic carbocycles. The zero-order valence-corrected chi connectivity index (χ0v) is 23.7. The predicted molar refractivity (Wildman–Crippen MR) is 158 cm³/mol. The van der Waals surface area contributed by atoms with Crippen LogP contribution in [0.25, 0.3) is 10.8 Å². The summed E-state index contributed by atoms with van der Waals surface area (Å²) < 4.78 is 16.9. The molecule has 0 radical (unpaired) electrons. The zero-order chi connectivity index (χ0) is 28.9. The van der Waals surface area contributed by atoms with Crippen LogP contribution >= 0.6 is 0 Å². The van der Waals surface area contributed by atoms with Crippen molar-refractivity contribution in [2.24, 2.45) is 0 Å². The van der Waals surface area contributed by atoms with Crippen LogP contribution in [-0.4, -0.2) is 44.8 Å². The SMILES string of the molecule is CNC(=O)c1[nH]c(C(C)(C)C)cc1NC(=O)Nc1ccc(OCCc2ccc(OC)c(OC)c2)c2ccccc12. The number of aromatic nitrogens is 1. The minimum absolute atomic E-state index is 0.231. The van der Waals surface area contributed by atoms with Gasteiger partial charge in [-0.25, -0.2) is 4.79 Å². The topological polar surface area (TPSA) is 114 Å². The highest BCUT2D eigenvalue weighted by atomic mass is 16.5. The fourth-order valence-electron chi connectivity index (χ4n) is 4.36. The molecule has 0 atom stereocenters. The Hall–Kier alpha value is -4.66. The van der Waals surface area contributed by atoms with Crippen molar-refractivity contribution >= 4 is 34.1 Å². The minimum atomic E-state index is -0.461. The van der Waals surface area contributed by atoms with Crippen LogP contribution in [0.1, 0.15) is 42.5 Å². The largest absolute Gasteiger partial charge is 0.493 e. The highest BCUT2D eigenvalue weighted by Gasteiger charge is 2.23. The third kappa shape index (κ3) is 6.31. The van der Waals surface area contributed by atoms with E-state index in [0.29, 0.717) is 47.3 Å². The van der Waals surface area contributed by atoms with Crippen LogP contribution < -0.4 is 30.2 Å². The van der Waals surface area contributed by atoms with Gasteiger partial charge in [-0.3, -0.25) is 4.79 Å². The average Bonchev–Trinajstić information content (AvgIpc) is 3.38. The van der Waals surface area contributed by atoms with Crippen LogP contribution in [0.3, 0.4) is 0 Å². The number of carbonyl (C=O) groups is 2. The van der Waals surface area contributed by atoms with Crippen molar-refractivity contribution in [3.63, 3.8) is 0 Å². The van der Waals surface area contributed by atoms with Crippen LogP contribution in [0.15, 0.2) is 60.7 Å². The Labute approximate surface area is 234 Å². The smallest absolute Gasteiger partial charge is 0.323 e. The molecule has 1 aromatic heterocycles. The summed E-state index contributed by atoms with van der Waals surface area (Å²) in [6, 6.07) is 18.5. The fraction of sp³-hybridized carbons (Fsp3) is 0.290. The number of rotatable bonds is 9. The fourth-order valence-corrected chi connectivity index (χ4v) is 4.36. The molecule has 4 N–H and O–H groups in total. The van der Waals surface area contributed by atoms with Gasteiger partial charge >= 0.3 is 6.03 Å². The Kier molecular flexibility index (Phi) is 8.52. The summed E-state index contributed by atoms with van der Waals surface area (Å²) in [4.78, 5) is 28.6. The molecule has 0 saturated heterocycles. The number of ether oxygens (including phenoxy) is 3. The van der Waals surface area contributed by atoms with Gasteiger partial charge in [-0.1, -0.05) is 51.1 Å². The molecule has 0 aliphatic carbocycles. The molecule has 0 bridgehead atoms. The van der Waals surface area contributed by atoms with Crippen LogP contribution in [0.5, 0.6) is 17.2 Å². The summed E-state index contributed by atoms with van der Waals surface area (Å²) in [6.07, 6.45) is 0.679. The first-order chi connectivity index (χ1) is 19.1. The van der Waals surface area contributed by atoms with E-state index in [4.69, 9.17) is 14.2 Å². The second-order valence-electron chi connectivity index (χ2n) is 10.3. The van der Waals surface area contributed by atoms with Crippen molar-refractivity contribution < 1.29 is 23.8 Å². The van der Waals surface area contributed by atoms with Gasteiger partial charge in [-0.2, -0.15) is 0 Å². The van der Waals surface area contributed by atoms with Gasteiger partial charge < -0.3 is 35.1 Å². The number of hydrogen-bond acceptors (Lipinski definition) is 5. The van der Waals surface area contributed by atoms with Crippen molar-refractivity contribution in [3.05, 3.63) is 77.6 Å². The van der Waals surface area contributed by atoms with Crippen LogP contribution in [0.4, 0.5) is 16.2 Å². The molecule has 3 amide bonds. The van der Waals surface area contributed by atoms with Crippen molar-refractivity contribution in [2.75, 3.05) is 38.5 Å². The van der Waals surface area contributed by atoms with Gasteiger partial charge in [0.05, 0.1) is 32.2 Å². The third-order valence-corrected chi connectivity index (χ3v) is 6.56. The molecule has 0 aliphatic heterocycles. The number of hydrogen-bond donors (Lipinski definition) is 4. The van der Waals surface area contributed by atoms with Gasteiger partial charge in [0.25, 0.3) is 5.91 Å². The van der Waals surface area contributed by atoms with Crippen molar-refractivity contribution in [1.82, 2.24) is 10.3 Å². The lowest BCUT2D eigenvalue weighted by Gasteiger charge is -2.15. The Balaban J connectivity index is 1.49. The van der Waals surface area contributed by atoms with Gasteiger partial charge in [0.1, 0.15) is 11.4 Å². The maximum atomic E-state index is 13.0. The molecule has 210 valence electrons. The first-order valence-electron chi connectivity index (χ1n) is 13.0. The number of carbonyl (C=O) groups excluding carboxylic acids is 2. The minimum Gasteiger partial charge on any atom is -0.493 e. The number of methoxy groups -OCH3 is 2. The van der Waals surface area contributed by atoms with Gasteiger partial charge in [0.2, 0.25) is 0 Å². The third-order valence-electron chi connectivity index (χ3n) is 6.56. The monoisotopic (exact) mass is 544 g/mol. The van der Waals surface area contributed by atoms with Crippen molar-refractivity contribution in [1.29, 1.82) is 0 Å². The lowest BCUT2D eigenvalue weighted by molar-refractivity contribution is 0.0959. The van der Waals surface area contributed by atoms with Crippen molar-refractivity contribution in [2.45, 2.75) is 32.6 Å². The Bertz CT molecular complexity index is 1520. The first kappa shape index (κ1) is 28.4. The number of nitrogens with one attached hydrogen (secondary N) is 4. The molecule has 4 aromatic rings. The van der Waals surface area contributed by atoms with E-state index in [1.807, 2.05) is 75.4 Å². The molecule has 0 saturated carbocycles. The summed E-state index contributed by atoms with van der Waals surface area (Å²) in [5.74, 6) is 1.76. The Morgan fingerprint density at radius 1 is 0.825 bits per heavy atom. The van der Waals surface area contributed by atoms with E-state index in [1.165, 1.54) is 0 Å². The van der Waals surface area contributed by atoms with E-state index in [9.17, 15) is 9.59 Å². The predicted octanol–water partition coefficient (Wildman–Crippen LogP) is 6.11. The molecule has 40 heavy (non-hydrogen) atoms. The molecule has 4 rings (SSSR count). The summed E-state index contributed by atoms with van der Waals surface area (Å²) in [5, 5.41) is 10.1. The quantitative estimate of drug-likeness (QED) is 0.203. The summed E-state index contributed by atoms with van der Waals surface area (Å²) in [7, 11) is 4.77. The number of urea groups is 1. The normalized spacial score (nSPS) is 11.2.